The van der Waals surface area contributed by atoms with E-state index < -0.39 is 0 Å². The number of rotatable bonds is 5. The van der Waals surface area contributed by atoms with Crippen LogP contribution in [0.1, 0.15) is 11.3 Å². The molecule has 0 aliphatic rings. The van der Waals surface area contributed by atoms with Crippen molar-refractivity contribution in [1.82, 2.24) is 4.90 Å². The standard InChI is InChI=1S/C19H16Cl2N2O3/c20-16-8-7-14(10-17(16)21)22-19(25)23(12-15-5-3-9-26-15)11-13-4-1-2-6-18(13)24/h1-10,24H,11-12H2,(H,22,25). The van der Waals surface area contributed by atoms with Crippen LogP contribution in [-0.4, -0.2) is 16.0 Å². The third-order valence-corrected chi connectivity index (χ3v) is 4.48. The molecule has 2 aromatic carbocycles. The summed E-state index contributed by atoms with van der Waals surface area (Å²) in [7, 11) is 0. The van der Waals surface area contributed by atoms with Crippen LogP contribution < -0.4 is 5.32 Å². The van der Waals surface area contributed by atoms with Crippen molar-refractivity contribution in [3.63, 3.8) is 0 Å². The summed E-state index contributed by atoms with van der Waals surface area (Å²) in [5.41, 5.74) is 1.15. The number of carbonyl (C=O) groups excluding carboxylic acids is 1. The summed E-state index contributed by atoms with van der Waals surface area (Å²) in [6, 6.07) is 14.9. The van der Waals surface area contributed by atoms with Gasteiger partial charge in [-0.1, -0.05) is 41.4 Å². The molecule has 0 bridgehead atoms. The van der Waals surface area contributed by atoms with E-state index in [4.69, 9.17) is 27.6 Å². The Balaban J connectivity index is 1.80. The lowest BCUT2D eigenvalue weighted by Crippen LogP contribution is -2.34. The molecule has 0 aliphatic carbocycles. The number of anilines is 1. The third-order valence-electron chi connectivity index (χ3n) is 3.74. The largest absolute Gasteiger partial charge is 0.508 e. The minimum absolute atomic E-state index is 0.124. The van der Waals surface area contributed by atoms with E-state index in [1.54, 1.807) is 60.9 Å². The number of halogens is 2. The topological polar surface area (TPSA) is 65.7 Å². The summed E-state index contributed by atoms with van der Waals surface area (Å²) in [6.45, 7) is 0.453. The fraction of sp³-hybridized carbons (Fsp3) is 0.105. The van der Waals surface area contributed by atoms with Crippen LogP contribution >= 0.6 is 23.2 Å². The van der Waals surface area contributed by atoms with Gasteiger partial charge in [-0.05, 0) is 36.4 Å². The summed E-state index contributed by atoms with van der Waals surface area (Å²) in [5.74, 6) is 0.754. The lowest BCUT2D eigenvalue weighted by Gasteiger charge is -2.23. The van der Waals surface area contributed by atoms with E-state index in [2.05, 4.69) is 5.32 Å². The molecule has 2 N–H and O–H groups in total. The monoisotopic (exact) mass is 390 g/mol. The Morgan fingerprint density at radius 3 is 2.54 bits per heavy atom. The number of amides is 2. The highest BCUT2D eigenvalue weighted by atomic mass is 35.5. The molecule has 3 rings (SSSR count). The summed E-state index contributed by atoms with van der Waals surface area (Å²) >= 11 is 11.9. The van der Waals surface area contributed by atoms with Gasteiger partial charge in [-0.25, -0.2) is 4.79 Å². The zero-order chi connectivity index (χ0) is 18.5. The van der Waals surface area contributed by atoms with Crippen LogP contribution in [0.5, 0.6) is 5.75 Å². The minimum Gasteiger partial charge on any atom is -0.508 e. The van der Waals surface area contributed by atoms with Crippen molar-refractivity contribution in [2.45, 2.75) is 13.1 Å². The maximum absolute atomic E-state index is 12.8. The van der Waals surface area contributed by atoms with E-state index >= 15 is 0 Å². The van der Waals surface area contributed by atoms with Crippen molar-refractivity contribution >= 4 is 34.9 Å². The Morgan fingerprint density at radius 2 is 1.85 bits per heavy atom. The van der Waals surface area contributed by atoms with E-state index in [0.717, 1.165) is 0 Å². The molecule has 3 aromatic rings. The van der Waals surface area contributed by atoms with Crippen LogP contribution in [0.15, 0.2) is 65.3 Å². The minimum atomic E-state index is -0.358. The molecule has 0 atom stereocenters. The Morgan fingerprint density at radius 1 is 1.04 bits per heavy atom. The van der Waals surface area contributed by atoms with Crippen LogP contribution in [0, 0.1) is 0 Å². The van der Waals surface area contributed by atoms with Crippen LogP contribution in [0.25, 0.3) is 0 Å². The Bertz CT molecular complexity index is 898. The highest BCUT2D eigenvalue weighted by Crippen LogP contribution is 2.26. The number of nitrogens with zero attached hydrogens (tertiary/aromatic N) is 1. The number of benzene rings is 2. The second-order valence-electron chi connectivity index (χ2n) is 5.62. The molecule has 0 saturated heterocycles. The molecule has 134 valence electrons. The van der Waals surface area contributed by atoms with Gasteiger partial charge in [-0.15, -0.1) is 0 Å². The number of urea groups is 1. The SMILES string of the molecule is O=C(Nc1ccc(Cl)c(Cl)c1)N(Cc1ccco1)Cc1ccccc1O. The quantitative estimate of drug-likeness (QED) is 0.601. The molecule has 7 heteroatoms. The number of furan rings is 1. The van der Waals surface area contributed by atoms with E-state index in [0.29, 0.717) is 27.1 Å². The third kappa shape index (κ3) is 4.50. The Labute approximate surface area is 160 Å². The van der Waals surface area contributed by atoms with E-state index in [-0.39, 0.29) is 24.9 Å². The molecule has 0 spiro atoms. The van der Waals surface area contributed by atoms with Gasteiger partial charge in [0.15, 0.2) is 0 Å². The maximum Gasteiger partial charge on any atom is 0.322 e. The fourth-order valence-corrected chi connectivity index (χ4v) is 2.71. The number of nitrogens with one attached hydrogen (secondary N) is 1. The smallest absolute Gasteiger partial charge is 0.322 e. The molecule has 0 saturated carbocycles. The van der Waals surface area contributed by atoms with Crippen molar-refractivity contribution in [2.75, 3.05) is 5.32 Å². The summed E-state index contributed by atoms with van der Waals surface area (Å²) < 4.78 is 5.34. The van der Waals surface area contributed by atoms with E-state index in [1.807, 2.05) is 0 Å². The lowest BCUT2D eigenvalue weighted by molar-refractivity contribution is 0.200. The van der Waals surface area contributed by atoms with E-state index in [1.165, 1.54) is 4.90 Å². The van der Waals surface area contributed by atoms with Crippen LogP contribution in [0.4, 0.5) is 10.5 Å². The molecular formula is C19H16Cl2N2O3. The molecule has 0 unspecified atom stereocenters. The van der Waals surface area contributed by atoms with Gasteiger partial charge >= 0.3 is 6.03 Å². The first-order valence-corrected chi connectivity index (χ1v) is 8.59. The molecule has 0 radical (unpaired) electrons. The highest BCUT2D eigenvalue weighted by Gasteiger charge is 2.18. The molecule has 26 heavy (non-hydrogen) atoms. The average Bonchev–Trinajstić information content (AvgIpc) is 3.12. The second-order valence-corrected chi connectivity index (χ2v) is 6.44. The predicted octanol–water partition coefficient (Wildman–Crippen LogP) is 5.53. The van der Waals surface area contributed by atoms with Crippen LogP contribution in [0.3, 0.4) is 0 Å². The number of carbonyl (C=O) groups is 1. The first-order chi connectivity index (χ1) is 12.5. The van der Waals surface area contributed by atoms with Crippen molar-refractivity contribution < 1.29 is 14.3 Å². The van der Waals surface area contributed by atoms with Gasteiger partial charge in [-0.2, -0.15) is 0 Å². The summed E-state index contributed by atoms with van der Waals surface area (Å²) in [5, 5.41) is 13.6. The molecule has 2 amide bonds. The number of aromatic hydroxyl groups is 1. The van der Waals surface area contributed by atoms with Gasteiger partial charge in [0.2, 0.25) is 0 Å². The Hall–Kier alpha value is -2.63. The molecular weight excluding hydrogens is 375 g/mol. The summed E-state index contributed by atoms with van der Waals surface area (Å²) in [6.07, 6.45) is 1.55. The first kappa shape index (κ1) is 18.2. The van der Waals surface area contributed by atoms with Crippen LogP contribution in [0.2, 0.25) is 10.0 Å². The van der Waals surface area contributed by atoms with Gasteiger partial charge in [0.05, 0.1) is 29.4 Å². The summed E-state index contributed by atoms with van der Waals surface area (Å²) in [4.78, 5) is 14.3. The number of para-hydroxylation sites is 1. The fourth-order valence-electron chi connectivity index (χ4n) is 2.42. The average molecular weight is 391 g/mol. The van der Waals surface area contributed by atoms with Gasteiger partial charge in [0.1, 0.15) is 11.5 Å². The number of hydrogen-bond donors (Lipinski definition) is 2. The van der Waals surface area contributed by atoms with Gasteiger partial charge in [0.25, 0.3) is 0 Å². The first-order valence-electron chi connectivity index (χ1n) is 7.83. The van der Waals surface area contributed by atoms with Crippen molar-refractivity contribution in [1.29, 1.82) is 0 Å². The second kappa shape index (κ2) is 8.17. The highest BCUT2D eigenvalue weighted by molar-refractivity contribution is 6.42. The molecule has 1 heterocycles. The predicted molar refractivity (Wildman–Crippen MR) is 102 cm³/mol. The molecule has 5 nitrogen and oxygen atoms in total. The van der Waals surface area contributed by atoms with Crippen molar-refractivity contribution in [2.24, 2.45) is 0 Å². The zero-order valence-electron chi connectivity index (χ0n) is 13.7. The van der Waals surface area contributed by atoms with Gasteiger partial charge in [0, 0.05) is 11.3 Å². The molecule has 0 fully saturated rings. The Kier molecular flexibility index (Phi) is 5.71. The van der Waals surface area contributed by atoms with E-state index in [9.17, 15) is 9.90 Å². The van der Waals surface area contributed by atoms with Gasteiger partial charge in [-0.3, -0.25) is 0 Å². The van der Waals surface area contributed by atoms with Crippen LogP contribution in [-0.2, 0) is 13.1 Å². The lowest BCUT2D eigenvalue weighted by atomic mass is 10.2. The van der Waals surface area contributed by atoms with Crippen molar-refractivity contribution in [3.8, 4) is 5.75 Å². The van der Waals surface area contributed by atoms with Crippen molar-refractivity contribution in [3.05, 3.63) is 82.2 Å². The zero-order valence-corrected chi connectivity index (χ0v) is 15.2. The normalized spacial score (nSPS) is 10.5. The number of phenolic OH excluding ortho intramolecular Hbond substituents is 1. The van der Waals surface area contributed by atoms with Gasteiger partial charge < -0.3 is 19.7 Å². The number of hydrogen-bond acceptors (Lipinski definition) is 3. The molecule has 0 aliphatic heterocycles. The number of phenols is 1. The molecule has 1 aromatic heterocycles. The maximum atomic E-state index is 12.8.